The van der Waals surface area contributed by atoms with E-state index in [9.17, 15) is 9.18 Å². The van der Waals surface area contributed by atoms with Gasteiger partial charge in [-0.2, -0.15) is 0 Å². The molecule has 88 valence electrons. The van der Waals surface area contributed by atoms with Crippen molar-refractivity contribution in [2.45, 2.75) is 6.92 Å². The Kier molecular flexibility index (Phi) is 2.85. The molecule has 0 saturated carbocycles. The topological polar surface area (TPSA) is 63.3 Å². The Morgan fingerprint density at radius 3 is 2.76 bits per heavy atom. The molecule has 0 saturated heterocycles. The first-order valence-electron chi connectivity index (χ1n) is 4.65. The van der Waals surface area contributed by atoms with Crippen LogP contribution in [0, 0.1) is 12.7 Å². The van der Waals surface area contributed by atoms with Gasteiger partial charge in [0.15, 0.2) is 5.82 Å². The summed E-state index contributed by atoms with van der Waals surface area (Å²) in [6.07, 6.45) is 0. The van der Waals surface area contributed by atoms with Crippen molar-refractivity contribution in [3.63, 3.8) is 0 Å². The number of hydrogen-bond donors (Lipinski definition) is 1. The van der Waals surface area contributed by atoms with Gasteiger partial charge < -0.3 is 9.63 Å². The van der Waals surface area contributed by atoms with Crippen LogP contribution in [0.3, 0.4) is 0 Å². The van der Waals surface area contributed by atoms with Crippen molar-refractivity contribution in [2.75, 3.05) is 0 Å². The molecule has 0 aliphatic rings. The van der Waals surface area contributed by atoms with Crippen LogP contribution in [0.1, 0.15) is 16.1 Å². The lowest BCUT2D eigenvalue weighted by molar-refractivity contribution is 0.0652. The Morgan fingerprint density at radius 2 is 2.18 bits per heavy atom. The van der Waals surface area contributed by atoms with E-state index in [0.29, 0.717) is 0 Å². The van der Waals surface area contributed by atoms with E-state index in [0.717, 1.165) is 11.6 Å². The van der Waals surface area contributed by atoms with Crippen LogP contribution in [0.4, 0.5) is 4.39 Å². The zero-order valence-electron chi connectivity index (χ0n) is 8.70. The molecule has 0 aliphatic carbocycles. The number of hydrogen-bond acceptors (Lipinski definition) is 3. The second-order valence-electron chi connectivity index (χ2n) is 3.49. The molecule has 0 aliphatic heterocycles. The fourth-order valence-corrected chi connectivity index (χ4v) is 1.69. The zero-order valence-corrected chi connectivity index (χ0v) is 9.45. The first-order chi connectivity index (χ1) is 7.99. The predicted octanol–water partition coefficient (Wildman–Crippen LogP) is 3.14. The average molecular weight is 256 g/mol. The van der Waals surface area contributed by atoms with E-state index in [4.69, 9.17) is 16.7 Å². The maximum Gasteiger partial charge on any atom is 0.374 e. The molecule has 1 heterocycles. The molecule has 0 bridgehead atoms. The molecule has 0 radical (unpaired) electrons. The Bertz CT molecular complexity index is 594. The SMILES string of the molecule is Cc1cc(Cl)c(F)c(-c2cc(C(=O)O)on2)c1. The van der Waals surface area contributed by atoms with Gasteiger partial charge in [0.2, 0.25) is 5.76 Å². The van der Waals surface area contributed by atoms with Crippen LogP contribution < -0.4 is 0 Å². The van der Waals surface area contributed by atoms with Crippen molar-refractivity contribution in [3.05, 3.63) is 40.4 Å². The van der Waals surface area contributed by atoms with Gasteiger partial charge in [-0.15, -0.1) is 0 Å². The summed E-state index contributed by atoms with van der Waals surface area (Å²) in [7, 11) is 0. The maximum atomic E-state index is 13.7. The first kappa shape index (κ1) is 11.6. The molecule has 6 heteroatoms. The third-order valence-corrected chi connectivity index (χ3v) is 2.44. The number of rotatable bonds is 2. The highest BCUT2D eigenvalue weighted by atomic mass is 35.5. The van der Waals surface area contributed by atoms with Crippen LogP contribution in [0.15, 0.2) is 22.7 Å². The summed E-state index contributed by atoms with van der Waals surface area (Å²) < 4.78 is 18.3. The Balaban J connectivity index is 2.56. The number of nitrogens with zero attached hydrogens (tertiary/aromatic N) is 1. The number of halogens is 2. The van der Waals surface area contributed by atoms with Crippen molar-refractivity contribution < 1.29 is 18.8 Å². The number of aryl methyl sites for hydroxylation is 1. The van der Waals surface area contributed by atoms with Crippen molar-refractivity contribution in [2.24, 2.45) is 0 Å². The number of carboxylic acids is 1. The highest BCUT2D eigenvalue weighted by Crippen LogP contribution is 2.28. The number of aromatic carboxylic acids is 1. The van der Waals surface area contributed by atoms with Crippen LogP contribution >= 0.6 is 11.6 Å². The lowest BCUT2D eigenvalue weighted by atomic mass is 10.1. The van der Waals surface area contributed by atoms with Gasteiger partial charge in [0.1, 0.15) is 5.69 Å². The van der Waals surface area contributed by atoms with E-state index in [1.807, 2.05) is 0 Å². The fraction of sp³-hybridized carbons (Fsp3) is 0.0909. The van der Waals surface area contributed by atoms with E-state index >= 15 is 0 Å². The molecule has 0 atom stereocenters. The van der Waals surface area contributed by atoms with E-state index in [1.165, 1.54) is 12.1 Å². The van der Waals surface area contributed by atoms with Gasteiger partial charge in [-0.25, -0.2) is 9.18 Å². The fourth-order valence-electron chi connectivity index (χ4n) is 1.41. The molecule has 2 aromatic rings. The second-order valence-corrected chi connectivity index (χ2v) is 3.90. The van der Waals surface area contributed by atoms with Gasteiger partial charge in [-0.05, 0) is 24.6 Å². The van der Waals surface area contributed by atoms with Gasteiger partial charge >= 0.3 is 5.97 Å². The molecular weight excluding hydrogens is 249 g/mol. The van der Waals surface area contributed by atoms with Crippen LogP contribution in [-0.2, 0) is 0 Å². The summed E-state index contributed by atoms with van der Waals surface area (Å²) in [6.45, 7) is 1.74. The number of carbonyl (C=O) groups is 1. The average Bonchev–Trinajstić information content (AvgIpc) is 2.72. The Morgan fingerprint density at radius 1 is 1.47 bits per heavy atom. The van der Waals surface area contributed by atoms with Gasteiger partial charge in [0.25, 0.3) is 0 Å². The van der Waals surface area contributed by atoms with Crippen molar-refractivity contribution in [3.8, 4) is 11.3 Å². The summed E-state index contributed by atoms with van der Waals surface area (Å²) in [5, 5.41) is 12.1. The quantitative estimate of drug-likeness (QED) is 0.895. The molecule has 1 N–H and O–H groups in total. The summed E-state index contributed by atoms with van der Waals surface area (Å²) in [5.41, 5.74) is 0.961. The Labute approximate surface area is 101 Å². The van der Waals surface area contributed by atoms with Crippen LogP contribution in [0.2, 0.25) is 5.02 Å². The molecule has 0 fully saturated rings. The molecule has 1 aromatic carbocycles. The highest BCUT2D eigenvalue weighted by molar-refractivity contribution is 6.31. The molecule has 2 rings (SSSR count). The largest absolute Gasteiger partial charge is 0.475 e. The van der Waals surface area contributed by atoms with Crippen LogP contribution in [0.5, 0.6) is 0 Å². The number of carboxylic acid groups (broad SMARTS) is 1. The highest BCUT2D eigenvalue weighted by Gasteiger charge is 2.17. The molecule has 4 nitrogen and oxygen atoms in total. The monoisotopic (exact) mass is 255 g/mol. The summed E-state index contributed by atoms with van der Waals surface area (Å²) >= 11 is 5.69. The van der Waals surface area contributed by atoms with Crippen LogP contribution in [-0.4, -0.2) is 16.2 Å². The Hall–Kier alpha value is -1.88. The number of aromatic nitrogens is 1. The van der Waals surface area contributed by atoms with Crippen molar-refractivity contribution in [1.82, 2.24) is 5.16 Å². The van der Waals surface area contributed by atoms with E-state index in [2.05, 4.69) is 9.68 Å². The predicted molar refractivity (Wildman–Crippen MR) is 58.6 cm³/mol. The molecule has 0 unspecified atom stereocenters. The summed E-state index contributed by atoms with van der Waals surface area (Å²) in [4.78, 5) is 10.6. The maximum absolute atomic E-state index is 13.7. The van der Waals surface area contributed by atoms with Gasteiger partial charge in [-0.1, -0.05) is 16.8 Å². The van der Waals surface area contributed by atoms with Gasteiger partial charge in [0, 0.05) is 11.6 Å². The van der Waals surface area contributed by atoms with E-state index < -0.39 is 11.8 Å². The first-order valence-corrected chi connectivity index (χ1v) is 5.03. The molecule has 1 aromatic heterocycles. The summed E-state index contributed by atoms with van der Waals surface area (Å²) in [5.74, 6) is -2.26. The van der Waals surface area contributed by atoms with Crippen molar-refractivity contribution in [1.29, 1.82) is 0 Å². The molecular formula is C11H7ClFNO3. The molecule has 0 amide bonds. The third kappa shape index (κ3) is 2.14. The minimum Gasteiger partial charge on any atom is -0.475 e. The third-order valence-electron chi connectivity index (χ3n) is 2.17. The van der Waals surface area contributed by atoms with Crippen molar-refractivity contribution >= 4 is 17.6 Å². The lowest BCUT2D eigenvalue weighted by Crippen LogP contribution is -1.92. The minimum atomic E-state index is -1.26. The minimum absolute atomic E-state index is 0.0418. The molecule has 17 heavy (non-hydrogen) atoms. The van der Waals surface area contributed by atoms with E-state index in [1.54, 1.807) is 6.92 Å². The smallest absolute Gasteiger partial charge is 0.374 e. The second kappa shape index (κ2) is 4.18. The lowest BCUT2D eigenvalue weighted by Gasteiger charge is -2.02. The zero-order chi connectivity index (χ0) is 12.6. The molecule has 0 spiro atoms. The number of benzene rings is 1. The van der Waals surface area contributed by atoms with Gasteiger partial charge in [-0.3, -0.25) is 0 Å². The van der Waals surface area contributed by atoms with E-state index in [-0.39, 0.29) is 22.0 Å². The van der Waals surface area contributed by atoms with Crippen LogP contribution in [0.25, 0.3) is 11.3 Å². The standard InChI is InChI=1S/C11H7ClFNO3/c1-5-2-6(10(13)7(12)3-5)8-4-9(11(15)16)17-14-8/h2-4H,1H3,(H,15,16). The summed E-state index contributed by atoms with van der Waals surface area (Å²) in [6, 6.07) is 4.14. The van der Waals surface area contributed by atoms with Gasteiger partial charge in [0.05, 0.1) is 5.02 Å². The normalized spacial score (nSPS) is 10.5.